The maximum Gasteiger partial charge on any atom is 0.202 e. The van der Waals surface area contributed by atoms with Gasteiger partial charge in [-0.15, -0.1) is 0 Å². The van der Waals surface area contributed by atoms with Crippen molar-refractivity contribution in [2.75, 3.05) is 0 Å². The normalized spacial score (nSPS) is 26.8. The van der Waals surface area contributed by atoms with Crippen LogP contribution in [0.25, 0.3) is 0 Å². The molecule has 2 rings (SSSR count). The lowest BCUT2D eigenvalue weighted by Crippen LogP contribution is -2.52. The fraction of sp³-hybridized carbons (Fsp3) is 0.875. The van der Waals surface area contributed by atoms with Crippen LogP contribution in [0.4, 0.5) is 0 Å². The SMILES string of the molecule is CC(C)[Si]1(C(C)C)CC=CCC2(CCCCC2)O1. The van der Waals surface area contributed by atoms with Crippen LogP contribution in [0, 0.1) is 0 Å². The predicted molar refractivity (Wildman–Crippen MR) is 81.4 cm³/mol. The van der Waals surface area contributed by atoms with Crippen LogP contribution in [0.1, 0.15) is 66.2 Å². The van der Waals surface area contributed by atoms with Crippen LogP contribution in [0.5, 0.6) is 0 Å². The van der Waals surface area contributed by atoms with Crippen molar-refractivity contribution in [2.45, 2.75) is 88.9 Å². The van der Waals surface area contributed by atoms with Gasteiger partial charge in [0.15, 0.2) is 0 Å². The first kappa shape index (κ1) is 14.3. The maximum atomic E-state index is 7.03. The Balaban J connectivity index is 2.28. The van der Waals surface area contributed by atoms with Gasteiger partial charge in [-0.3, -0.25) is 0 Å². The number of allylic oxidation sites excluding steroid dienone is 1. The molecule has 1 fully saturated rings. The Hall–Kier alpha value is -0.0831. The summed E-state index contributed by atoms with van der Waals surface area (Å²) in [5.41, 5.74) is 1.66. The number of rotatable bonds is 2. The molecule has 0 N–H and O–H groups in total. The second-order valence-corrected chi connectivity index (χ2v) is 11.8. The molecular weight excluding hydrogens is 236 g/mol. The van der Waals surface area contributed by atoms with E-state index in [0.717, 1.165) is 11.1 Å². The molecule has 0 aromatic heterocycles. The Bertz CT molecular complexity index is 292. The second kappa shape index (κ2) is 5.50. The summed E-state index contributed by atoms with van der Waals surface area (Å²) in [5, 5.41) is 0. The van der Waals surface area contributed by atoms with Gasteiger partial charge in [-0.05, 0) is 36.4 Å². The molecule has 1 spiro atoms. The first-order valence-corrected chi connectivity index (χ1v) is 10.1. The lowest BCUT2D eigenvalue weighted by Gasteiger charge is -2.47. The van der Waals surface area contributed by atoms with Gasteiger partial charge in [-0.2, -0.15) is 0 Å². The number of hydrogen-bond acceptors (Lipinski definition) is 1. The summed E-state index contributed by atoms with van der Waals surface area (Å²) < 4.78 is 7.03. The Labute approximate surface area is 114 Å². The van der Waals surface area contributed by atoms with Gasteiger partial charge in [0.1, 0.15) is 0 Å². The van der Waals surface area contributed by atoms with Crippen molar-refractivity contribution >= 4 is 8.32 Å². The van der Waals surface area contributed by atoms with E-state index in [4.69, 9.17) is 4.43 Å². The smallest absolute Gasteiger partial charge is 0.202 e. The Kier molecular flexibility index (Phi) is 4.38. The summed E-state index contributed by atoms with van der Waals surface area (Å²) in [4.78, 5) is 0. The lowest BCUT2D eigenvalue weighted by atomic mass is 9.82. The molecule has 0 bridgehead atoms. The third-order valence-corrected chi connectivity index (χ3v) is 10.8. The van der Waals surface area contributed by atoms with Gasteiger partial charge in [0, 0.05) is 0 Å². The van der Waals surface area contributed by atoms with Crippen LogP contribution < -0.4 is 0 Å². The summed E-state index contributed by atoms with van der Waals surface area (Å²) >= 11 is 0. The first-order chi connectivity index (χ1) is 8.51. The molecule has 18 heavy (non-hydrogen) atoms. The molecule has 1 aliphatic heterocycles. The highest BCUT2D eigenvalue weighted by molar-refractivity contribution is 6.77. The molecule has 1 nitrogen and oxygen atoms in total. The first-order valence-electron chi connectivity index (χ1n) is 7.86. The lowest BCUT2D eigenvalue weighted by molar-refractivity contribution is 0.0196. The van der Waals surface area contributed by atoms with Crippen LogP contribution in [-0.2, 0) is 4.43 Å². The van der Waals surface area contributed by atoms with E-state index in [1.807, 2.05) is 0 Å². The minimum absolute atomic E-state index is 0.214. The topological polar surface area (TPSA) is 9.23 Å². The average molecular weight is 267 g/mol. The summed E-state index contributed by atoms with van der Waals surface area (Å²) in [5.74, 6) is 0. The van der Waals surface area contributed by atoms with E-state index in [1.54, 1.807) is 0 Å². The molecule has 1 aliphatic carbocycles. The van der Waals surface area contributed by atoms with Crippen LogP contribution in [0.3, 0.4) is 0 Å². The largest absolute Gasteiger partial charge is 0.410 e. The molecule has 0 amide bonds. The summed E-state index contributed by atoms with van der Waals surface area (Å²) in [6, 6.07) is 1.23. The zero-order chi connectivity index (χ0) is 13.2. The van der Waals surface area contributed by atoms with Gasteiger partial charge in [0.2, 0.25) is 8.32 Å². The van der Waals surface area contributed by atoms with Crippen molar-refractivity contribution < 1.29 is 4.43 Å². The molecule has 2 heteroatoms. The fourth-order valence-electron chi connectivity index (χ4n) is 3.93. The molecule has 0 radical (unpaired) electrons. The second-order valence-electron chi connectivity index (χ2n) is 6.99. The molecule has 1 heterocycles. The van der Waals surface area contributed by atoms with Gasteiger partial charge < -0.3 is 4.43 Å². The van der Waals surface area contributed by atoms with E-state index < -0.39 is 8.32 Å². The molecule has 0 atom stereocenters. The summed E-state index contributed by atoms with van der Waals surface area (Å²) in [6.45, 7) is 9.56. The Morgan fingerprint density at radius 3 is 2.11 bits per heavy atom. The molecular formula is C16H30OSi. The summed E-state index contributed by atoms with van der Waals surface area (Å²) in [6.07, 6.45) is 12.8. The highest BCUT2D eigenvalue weighted by Gasteiger charge is 2.48. The third kappa shape index (κ3) is 2.60. The van der Waals surface area contributed by atoms with Crippen molar-refractivity contribution in [3.63, 3.8) is 0 Å². The van der Waals surface area contributed by atoms with Gasteiger partial charge in [-0.25, -0.2) is 0 Å². The maximum absolute atomic E-state index is 7.03. The van der Waals surface area contributed by atoms with Crippen LogP contribution in [-0.4, -0.2) is 13.9 Å². The van der Waals surface area contributed by atoms with E-state index in [0.29, 0.717) is 0 Å². The average Bonchev–Trinajstić information content (AvgIpc) is 2.51. The van der Waals surface area contributed by atoms with E-state index in [2.05, 4.69) is 39.8 Å². The predicted octanol–water partition coefficient (Wildman–Crippen LogP) is 5.43. The molecule has 0 aromatic carbocycles. The molecule has 2 aliphatic rings. The van der Waals surface area contributed by atoms with Crippen LogP contribution in [0.15, 0.2) is 12.2 Å². The van der Waals surface area contributed by atoms with E-state index in [9.17, 15) is 0 Å². The van der Waals surface area contributed by atoms with Gasteiger partial charge in [0.25, 0.3) is 0 Å². The van der Waals surface area contributed by atoms with Crippen molar-refractivity contribution in [3.05, 3.63) is 12.2 Å². The number of hydrogen-bond donors (Lipinski definition) is 0. The van der Waals surface area contributed by atoms with E-state index >= 15 is 0 Å². The molecule has 0 unspecified atom stereocenters. The van der Waals surface area contributed by atoms with Gasteiger partial charge in [-0.1, -0.05) is 59.1 Å². The minimum Gasteiger partial charge on any atom is -0.410 e. The molecule has 104 valence electrons. The minimum atomic E-state index is -1.63. The third-order valence-electron chi connectivity index (χ3n) is 5.22. The highest BCUT2D eigenvalue weighted by Crippen LogP contribution is 2.47. The zero-order valence-corrected chi connectivity index (χ0v) is 13.7. The molecule has 0 aromatic rings. The van der Waals surface area contributed by atoms with Gasteiger partial charge in [0.05, 0.1) is 5.60 Å². The van der Waals surface area contributed by atoms with Crippen molar-refractivity contribution in [2.24, 2.45) is 0 Å². The quantitative estimate of drug-likeness (QED) is 0.478. The van der Waals surface area contributed by atoms with E-state index in [1.165, 1.54) is 44.6 Å². The van der Waals surface area contributed by atoms with Crippen LogP contribution >= 0.6 is 0 Å². The highest BCUT2D eigenvalue weighted by atomic mass is 28.4. The van der Waals surface area contributed by atoms with Crippen molar-refractivity contribution in [1.82, 2.24) is 0 Å². The Morgan fingerprint density at radius 1 is 0.944 bits per heavy atom. The van der Waals surface area contributed by atoms with Crippen molar-refractivity contribution in [1.29, 1.82) is 0 Å². The standard InChI is InChI=1S/C16H30OSi/c1-14(2)18(15(3)4)13-9-8-12-16(17-18)10-6-5-7-11-16/h8-9,14-15H,5-7,10-13H2,1-4H3. The molecule has 1 saturated carbocycles. The monoisotopic (exact) mass is 266 g/mol. The van der Waals surface area contributed by atoms with Crippen molar-refractivity contribution in [3.8, 4) is 0 Å². The summed E-state index contributed by atoms with van der Waals surface area (Å²) in [7, 11) is -1.63. The zero-order valence-electron chi connectivity index (χ0n) is 12.7. The Morgan fingerprint density at radius 2 is 1.56 bits per heavy atom. The fourth-order valence-corrected chi connectivity index (χ4v) is 8.39. The van der Waals surface area contributed by atoms with E-state index in [-0.39, 0.29) is 5.60 Å². The van der Waals surface area contributed by atoms with Crippen LogP contribution in [0.2, 0.25) is 17.1 Å². The van der Waals surface area contributed by atoms with Gasteiger partial charge >= 0.3 is 0 Å². The molecule has 0 saturated heterocycles.